The molecule has 114 valence electrons. The topological polar surface area (TPSA) is 139 Å². The fourth-order valence-electron chi connectivity index (χ4n) is 1.57. The van der Waals surface area contributed by atoms with Crippen molar-refractivity contribution in [3.8, 4) is 5.75 Å². The summed E-state index contributed by atoms with van der Waals surface area (Å²) in [6.45, 7) is -0.451. The molecule has 10 heteroatoms. The zero-order valence-corrected chi connectivity index (χ0v) is 11.6. The maximum Gasteiger partial charge on any atom is 0.312 e. The lowest BCUT2D eigenvalue weighted by Crippen LogP contribution is -2.37. The van der Waals surface area contributed by atoms with E-state index in [4.69, 9.17) is 0 Å². The number of benzene rings is 1. The zero-order chi connectivity index (χ0) is 15.6. The van der Waals surface area contributed by atoms with Gasteiger partial charge in [0.1, 0.15) is 0 Å². The van der Waals surface area contributed by atoms with Crippen LogP contribution in [0.3, 0.4) is 0 Å². The highest BCUT2D eigenvalue weighted by atomic mass is 32.2. The second-order valence-electron chi connectivity index (χ2n) is 4.57. The molecule has 0 heterocycles. The molecule has 0 unspecified atom stereocenters. The molecule has 1 aliphatic rings. The smallest absolute Gasteiger partial charge is 0.312 e. The second-order valence-corrected chi connectivity index (χ2v) is 6.34. The van der Waals surface area contributed by atoms with Crippen LogP contribution in [-0.4, -0.2) is 36.9 Å². The quantitative estimate of drug-likeness (QED) is 0.493. The van der Waals surface area contributed by atoms with Gasteiger partial charge in [0, 0.05) is 12.1 Å². The van der Waals surface area contributed by atoms with Crippen LogP contribution in [0.1, 0.15) is 12.8 Å². The molecular weight excluding hydrogens is 302 g/mol. The van der Waals surface area contributed by atoms with Gasteiger partial charge in [-0.1, -0.05) is 0 Å². The molecule has 3 N–H and O–H groups in total. The lowest BCUT2D eigenvalue weighted by atomic mass is 10.3. The van der Waals surface area contributed by atoms with Gasteiger partial charge in [-0.3, -0.25) is 14.9 Å². The number of rotatable bonds is 6. The normalized spacial score (nSPS) is 14.7. The fourth-order valence-corrected chi connectivity index (χ4v) is 2.57. The number of nitrogens with one attached hydrogen (secondary N) is 2. The first-order valence-corrected chi connectivity index (χ1v) is 7.54. The number of sulfonamides is 1. The average Bonchev–Trinajstić information content (AvgIpc) is 3.20. The Morgan fingerprint density at radius 2 is 2.10 bits per heavy atom. The van der Waals surface area contributed by atoms with E-state index in [1.807, 2.05) is 4.72 Å². The van der Waals surface area contributed by atoms with Crippen molar-refractivity contribution in [3.05, 3.63) is 28.3 Å². The third-order valence-corrected chi connectivity index (χ3v) is 4.22. The van der Waals surface area contributed by atoms with Crippen LogP contribution >= 0.6 is 0 Å². The molecule has 0 radical (unpaired) electrons. The molecule has 0 aliphatic heterocycles. The summed E-state index contributed by atoms with van der Waals surface area (Å²) in [6.07, 6.45) is 1.76. The van der Waals surface area contributed by atoms with E-state index < -0.39 is 43.7 Å². The van der Waals surface area contributed by atoms with Crippen molar-refractivity contribution in [1.29, 1.82) is 0 Å². The van der Waals surface area contributed by atoms with Gasteiger partial charge in [-0.15, -0.1) is 0 Å². The van der Waals surface area contributed by atoms with Crippen LogP contribution in [0, 0.1) is 10.1 Å². The third-order valence-electron chi connectivity index (χ3n) is 2.82. The minimum atomic E-state index is -4.07. The van der Waals surface area contributed by atoms with Gasteiger partial charge in [0.15, 0.2) is 5.75 Å². The number of nitrogens with zero attached hydrogens (tertiary/aromatic N) is 1. The monoisotopic (exact) mass is 315 g/mol. The number of carbonyl (C=O) groups excluding carboxylic acids is 1. The Morgan fingerprint density at radius 1 is 1.43 bits per heavy atom. The molecule has 0 atom stereocenters. The molecule has 1 saturated carbocycles. The van der Waals surface area contributed by atoms with Crippen molar-refractivity contribution in [1.82, 2.24) is 10.0 Å². The Balaban J connectivity index is 2.09. The predicted molar refractivity (Wildman–Crippen MR) is 71.1 cm³/mol. The fraction of sp³-hybridized carbons (Fsp3) is 0.364. The second kappa shape index (κ2) is 5.66. The SMILES string of the molecule is O=C(CNS(=O)(=O)c1ccc(O)c([N+](=O)[O-])c1)NC1CC1. The van der Waals surface area contributed by atoms with E-state index >= 15 is 0 Å². The predicted octanol–water partition coefficient (Wildman–Crippen LogP) is -0.143. The van der Waals surface area contributed by atoms with Crippen molar-refractivity contribution in [2.45, 2.75) is 23.8 Å². The highest BCUT2D eigenvalue weighted by Gasteiger charge is 2.25. The Kier molecular flexibility index (Phi) is 4.09. The lowest BCUT2D eigenvalue weighted by molar-refractivity contribution is -0.386. The number of amides is 1. The lowest BCUT2D eigenvalue weighted by Gasteiger charge is -2.07. The first-order valence-electron chi connectivity index (χ1n) is 6.06. The van der Waals surface area contributed by atoms with Gasteiger partial charge in [-0.05, 0) is 25.0 Å². The minimum Gasteiger partial charge on any atom is -0.502 e. The van der Waals surface area contributed by atoms with E-state index in [0.717, 1.165) is 31.0 Å². The Morgan fingerprint density at radius 3 is 2.67 bits per heavy atom. The molecule has 0 spiro atoms. The van der Waals surface area contributed by atoms with E-state index in [-0.39, 0.29) is 6.04 Å². The summed E-state index contributed by atoms with van der Waals surface area (Å²) in [5, 5.41) is 22.5. The van der Waals surface area contributed by atoms with Crippen LogP contribution in [0.2, 0.25) is 0 Å². The van der Waals surface area contributed by atoms with Gasteiger partial charge < -0.3 is 10.4 Å². The zero-order valence-electron chi connectivity index (χ0n) is 10.8. The van der Waals surface area contributed by atoms with Gasteiger partial charge in [-0.2, -0.15) is 0 Å². The number of phenolic OH excluding ortho intramolecular Hbond substituents is 1. The van der Waals surface area contributed by atoms with Crippen LogP contribution in [0.15, 0.2) is 23.1 Å². The van der Waals surface area contributed by atoms with Gasteiger partial charge >= 0.3 is 5.69 Å². The minimum absolute atomic E-state index is 0.108. The molecule has 0 saturated heterocycles. The summed E-state index contributed by atoms with van der Waals surface area (Å²) in [4.78, 5) is 20.8. The number of nitro benzene ring substituents is 1. The highest BCUT2D eigenvalue weighted by Crippen LogP contribution is 2.28. The Bertz CT molecular complexity index is 683. The molecular formula is C11H13N3O6S. The van der Waals surface area contributed by atoms with Crippen molar-refractivity contribution >= 4 is 21.6 Å². The van der Waals surface area contributed by atoms with E-state index in [0.29, 0.717) is 0 Å². The molecule has 1 aromatic rings. The van der Waals surface area contributed by atoms with Crippen molar-refractivity contribution in [2.75, 3.05) is 6.54 Å². The number of phenols is 1. The van der Waals surface area contributed by atoms with Gasteiger partial charge in [-0.25, -0.2) is 13.1 Å². The first-order chi connectivity index (χ1) is 9.79. The van der Waals surface area contributed by atoms with Crippen molar-refractivity contribution < 1.29 is 23.2 Å². The van der Waals surface area contributed by atoms with Gasteiger partial charge in [0.25, 0.3) is 0 Å². The highest BCUT2D eigenvalue weighted by molar-refractivity contribution is 7.89. The van der Waals surface area contributed by atoms with E-state index in [1.165, 1.54) is 0 Å². The molecule has 0 bridgehead atoms. The van der Waals surface area contributed by atoms with Crippen LogP contribution in [0.4, 0.5) is 5.69 Å². The van der Waals surface area contributed by atoms with Crippen molar-refractivity contribution in [3.63, 3.8) is 0 Å². The summed E-state index contributed by atoms with van der Waals surface area (Å²) in [5.41, 5.74) is -0.722. The van der Waals surface area contributed by atoms with Crippen LogP contribution in [0.5, 0.6) is 5.75 Å². The van der Waals surface area contributed by atoms with Crippen LogP contribution in [0.25, 0.3) is 0 Å². The van der Waals surface area contributed by atoms with Crippen LogP contribution in [-0.2, 0) is 14.8 Å². The number of aromatic hydroxyl groups is 1. The molecule has 1 amide bonds. The number of hydrogen-bond acceptors (Lipinski definition) is 6. The summed E-state index contributed by atoms with van der Waals surface area (Å²) in [7, 11) is -4.07. The Hall–Kier alpha value is -2.20. The molecule has 9 nitrogen and oxygen atoms in total. The van der Waals surface area contributed by atoms with Crippen molar-refractivity contribution in [2.24, 2.45) is 0 Å². The maximum absolute atomic E-state index is 11.9. The summed E-state index contributed by atoms with van der Waals surface area (Å²) in [6, 6.07) is 2.77. The number of hydrogen-bond donors (Lipinski definition) is 3. The Labute approximate surface area is 120 Å². The summed E-state index contributed by atoms with van der Waals surface area (Å²) < 4.78 is 25.9. The van der Waals surface area contributed by atoms with Gasteiger partial charge in [0.2, 0.25) is 15.9 Å². The average molecular weight is 315 g/mol. The third kappa shape index (κ3) is 3.89. The molecule has 21 heavy (non-hydrogen) atoms. The number of carbonyl (C=O) groups is 1. The molecule has 1 fully saturated rings. The maximum atomic E-state index is 11.9. The molecule has 1 aromatic carbocycles. The number of nitro groups is 1. The van der Waals surface area contributed by atoms with E-state index in [1.54, 1.807) is 0 Å². The molecule has 0 aromatic heterocycles. The van der Waals surface area contributed by atoms with E-state index in [2.05, 4.69) is 5.32 Å². The molecule has 2 rings (SSSR count). The molecule has 1 aliphatic carbocycles. The summed E-state index contributed by atoms with van der Waals surface area (Å²) >= 11 is 0. The largest absolute Gasteiger partial charge is 0.502 e. The first kappa shape index (κ1) is 15.2. The van der Waals surface area contributed by atoms with E-state index in [9.17, 15) is 28.4 Å². The summed E-state index contributed by atoms with van der Waals surface area (Å²) in [5.74, 6) is -1.10. The van der Waals surface area contributed by atoms with Gasteiger partial charge in [0.05, 0.1) is 16.4 Å². The van der Waals surface area contributed by atoms with Crippen LogP contribution < -0.4 is 10.0 Å². The standard InChI is InChI=1S/C11H13N3O6S/c15-10-4-3-8(5-9(10)14(17)18)21(19,20)12-6-11(16)13-7-1-2-7/h3-5,7,12,15H,1-2,6H2,(H,13,16).